The Morgan fingerprint density at radius 1 is 1.03 bits per heavy atom. The van der Waals surface area contributed by atoms with Crippen LogP contribution in [-0.2, 0) is 14.6 Å². The van der Waals surface area contributed by atoms with E-state index in [0.717, 1.165) is 52.7 Å². The number of aryl methyl sites for hydroxylation is 3. The number of thioether (sulfide) groups is 1. The summed E-state index contributed by atoms with van der Waals surface area (Å²) in [4.78, 5) is 20.1. The van der Waals surface area contributed by atoms with Gasteiger partial charge in [-0.1, -0.05) is 42.7 Å². The molecule has 7 heteroatoms. The van der Waals surface area contributed by atoms with E-state index in [1.165, 1.54) is 23.7 Å². The fourth-order valence-corrected chi connectivity index (χ4v) is 7.71. The Balaban J connectivity index is 1.53. The summed E-state index contributed by atoms with van der Waals surface area (Å²) < 4.78 is 24.2. The van der Waals surface area contributed by atoms with E-state index in [4.69, 9.17) is 4.98 Å². The quantitative estimate of drug-likeness (QED) is 0.610. The van der Waals surface area contributed by atoms with Gasteiger partial charge in [-0.15, -0.1) is 0 Å². The highest BCUT2D eigenvalue weighted by Crippen LogP contribution is 2.31. The number of carbonyl (C=O) groups excluding carboxylic acids is 1. The summed E-state index contributed by atoms with van der Waals surface area (Å²) in [5.41, 5.74) is 4.52. The summed E-state index contributed by atoms with van der Waals surface area (Å²) >= 11 is 1.47. The van der Waals surface area contributed by atoms with Crippen molar-refractivity contribution >= 4 is 38.4 Å². The molecule has 2 heterocycles. The van der Waals surface area contributed by atoms with Crippen molar-refractivity contribution in [3.63, 3.8) is 0 Å². The number of rotatable bonds is 5. The number of sulfone groups is 1. The van der Waals surface area contributed by atoms with Crippen molar-refractivity contribution in [1.29, 1.82) is 0 Å². The van der Waals surface area contributed by atoms with E-state index in [2.05, 4.69) is 39.0 Å². The predicted molar refractivity (Wildman–Crippen MR) is 127 cm³/mol. The third-order valence-corrected chi connectivity index (χ3v) is 9.28. The Hall–Kier alpha value is -1.60. The van der Waals surface area contributed by atoms with Crippen molar-refractivity contribution in [3.8, 4) is 0 Å². The maximum atomic E-state index is 13.4. The molecular formula is C24H32N2O3S2. The number of amides is 1. The number of pyridine rings is 1. The van der Waals surface area contributed by atoms with Gasteiger partial charge in [0.25, 0.3) is 0 Å². The van der Waals surface area contributed by atoms with E-state index in [9.17, 15) is 13.2 Å². The van der Waals surface area contributed by atoms with Crippen LogP contribution in [0.3, 0.4) is 0 Å². The second-order valence-corrected chi connectivity index (χ2v) is 12.4. The van der Waals surface area contributed by atoms with Crippen LogP contribution in [0.4, 0.5) is 0 Å². The molecule has 1 unspecified atom stereocenters. The number of hydrogen-bond acceptors (Lipinski definition) is 5. The van der Waals surface area contributed by atoms with E-state index in [-0.39, 0.29) is 29.5 Å². The number of hydrogen-bond donors (Lipinski definition) is 0. The molecule has 1 aliphatic carbocycles. The number of benzene rings is 1. The van der Waals surface area contributed by atoms with Crippen molar-refractivity contribution in [2.75, 3.05) is 17.3 Å². The maximum absolute atomic E-state index is 13.4. The second-order valence-electron chi connectivity index (χ2n) is 9.19. The molecule has 0 N–H and O–H groups in total. The van der Waals surface area contributed by atoms with Crippen LogP contribution in [0.5, 0.6) is 0 Å². The molecule has 2 fully saturated rings. The van der Waals surface area contributed by atoms with Crippen LogP contribution in [0.25, 0.3) is 10.9 Å². The SMILES string of the molecule is Cc1cc(C)c2nc(SCC(=O)N(C3CCCCC3)C3CCS(=O)(=O)C3)cc(C)c2c1. The van der Waals surface area contributed by atoms with Gasteiger partial charge in [0.05, 0.1) is 27.8 Å². The molecule has 1 saturated heterocycles. The number of carbonyl (C=O) groups is 1. The zero-order chi connectivity index (χ0) is 22.2. The molecule has 1 amide bonds. The van der Waals surface area contributed by atoms with E-state index in [1.807, 2.05) is 4.90 Å². The van der Waals surface area contributed by atoms with Gasteiger partial charge in [-0.2, -0.15) is 0 Å². The average Bonchev–Trinajstić information content (AvgIpc) is 3.07. The lowest BCUT2D eigenvalue weighted by Crippen LogP contribution is -2.49. The van der Waals surface area contributed by atoms with Gasteiger partial charge in [0.2, 0.25) is 5.91 Å². The van der Waals surface area contributed by atoms with Gasteiger partial charge in [-0.25, -0.2) is 13.4 Å². The zero-order valence-electron chi connectivity index (χ0n) is 18.7. The van der Waals surface area contributed by atoms with Crippen LogP contribution in [0.2, 0.25) is 0 Å². The van der Waals surface area contributed by atoms with Gasteiger partial charge in [0, 0.05) is 17.5 Å². The van der Waals surface area contributed by atoms with Gasteiger partial charge in [0.1, 0.15) is 0 Å². The Kier molecular flexibility index (Phi) is 6.63. The van der Waals surface area contributed by atoms with Gasteiger partial charge >= 0.3 is 0 Å². The molecule has 0 bridgehead atoms. The lowest BCUT2D eigenvalue weighted by molar-refractivity contribution is -0.133. The van der Waals surface area contributed by atoms with E-state index in [0.29, 0.717) is 12.2 Å². The van der Waals surface area contributed by atoms with Crippen LogP contribution in [-0.4, -0.2) is 53.6 Å². The lowest BCUT2D eigenvalue weighted by atomic mass is 9.93. The Bertz CT molecular complexity index is 1090. The first kappa shape index (κ1) is 22.6. The molecule has 0 radical (unpaired) electrons. The highest BCUT2D eigenvalue weighted by atomic mass is 32.2. The summed E-state index contributed by atoms with van der Waals surface area (Å²) in [7, 11) is -3.03. The molecule has 1 atom stereocenters. The first-order valence-corrected chi connectivity index (χ1v) is 14.1. The second kappa shape index (κ2) is 9.10. The van der Waals surface area contributed by atoms with Crippen molar-refractivity contribution < 1.29 is 13.2 Å². The molecule has 1 aromatic heterocycles. The van der Waals surface area contributed by atoms with Crippen LogP contribution >= 0.6 is 11.8 Å². The van der Waals surface area contributed by atoms with Crippen LogP contribution in [0.15, 0.2) is 23.2 Å². The fourth-order valence-electron chi connectivity index (χ4n) is 5.16. The number of fused-ring (bicyclic) bond motifs is 1. The average molecular weight is 461 g/mol. The van der Waals surface area contributed by atoms with Gasteiger partial charge in [0.15, 0.2) is 9.84 Å². The Morgan fingerprint density at radius 2 is 1.77 bits per heavy atom. The van der Waals surface area contributed by atoms with Crippen LogP contribution < -0.4 is 0 Å². The maximum Gasteiger partial charge on any atom is 0.233 e. The minimum atomic E-state index is -3.03. The van der Waals surface area contributed by atoms with Crippen molar-refractivity contribution in [3.05, 3.63) is 34.9 Å². The van der Waals surface area contributed by atoms with Crippen molar-refractivity contribution in [2.24, 2.45) is 0 Å². The number of nitrogens with zero attached hydrogens (tertiary/aromatic N) is 2. The van der Waals surface area contributed by atoms with Crippen molar-refractivity contribution in [1.82, 2.24) is 9.88 Å². The molecule has 0 spiro atoms. The first-order valence-electron chi connectivity index (χ1n) is 11.3. The summed E-state index contributed by atoms with van der Waals surface area (Å²) in [5, 5.41) is 2.01. The predicted octanol–water partition coefficient (Wildman–Crippen LogP) is 4.60. The first-order chi connectivity index (χ1) is 14.7. The normalized spacial score (nSPS) is 21.5. The molecular weight excluding hydrogens is 428 g/mol. The molecule has 1 saturated carbocycles. The molecule has 168 valence electrons. The van der Waals surface area contributed by atoms with E-state index < -0.39 is 9.84 Å². The molecule has 5 nitrogen and oxygen atoms in total. The molecule has 1 aromatic carbocycles. The van der Waals surface area contributed by atoms with Gasteiger partial charge in [-0.05, 0) is 63.3 Å². The standard InChI is InChI=1S/C24H32N2O3S2/c1-16-11-18(3)24-21(12-16)17(2)13-22(25-24)30-14-23(27)26(19-7-5-4-6-8-19)20-9-10-31(28,29)15-20/h11-13,19-20H,4-10,14-15H2,1-3H3. The monoisotopic (exact) mass is 460 g/mol. The summed E-state index contributed by atoms with van der Waals surface area (Å²) in [6.07, 6.45) is 5.98. The largest absolute Gasteiger partial charge is 0.335 e. The minimum absolute atomic E-state index is 0.0548. The van der Waals surface area contributed by atoms with E-state index in [1.54, 1.807) is 0 Å². The smallest absolute Gasteiger partial charge is 0.233 e. The van der Waals surface area contributed by atoms with E-state index >= 15 is 0 Å². The molecule has 1 aliphatic heterocycles. The Labute approximate surface area is 189 Å². The molecule has 31 heavy (non-hydrogen) atoms. The summed E-state index contributed by atoms with van der Waals surface area (Å²) in [6, 6.07) is 6.37. The van der Waals surface area contributed by atoms with Crippen LogP contribution in [0.1, 0.15) is 55.2 Å². The third kappa shape index (κ3) is 5.08. The fraction of sp³-hybridized carbons (Fsp3) is 0.583. The third-order valence-electron chi connectivity index (χ3n) is 6.63. The summed E-state index contributed by atoms with van der Waals surface area (Å²) in [6.45, 7) is 6.26. The van der Waals surface area contributed by atoms with Gasteiger partial charge in [-0.3, -0.25) is 4.79 Å². The summed E-state index contributed by atoms with van der Waals surface area (Å²) in [5.74, 6) is 0.673. The minimum Gasteiger partial charge on any atom is -0.335 e. The molecule has 4 rings (SSSR count). The number of aromatic nitrogens is 1. The van der Waals surface area contributed by atoms with Crippen LogP contribution in [0, 0.1) is 20.8 Å². The van der Waals surface area contributed by atoms with Gasteiger partial charge < -0.3 is 4.90 Å². The lowest BCUT2D eigenvalue weighted by Gasteiger charge is -2.38. The zero-order valence-corrected chi connectivity index (χ0v) is 20.3. The highest BCUT2D eigenvalue weighted by molar-refractivity contribution is 7.99. The highest BCUT2D eigenvalue weighted by Gasteiger charge is 2.38. The molecule has 2 aromatic rings. The van der Waals surface area contributed by atoms with Crippen molar-refractivity contribution in [2.45, 2.75) is 76.4 Å². The molecule has 2 aliphatic rings. The Morgan fingerprint density at radius 3 is 2.45 bits per heavy atom. The topological polar surface area (TPSA) is 67.3 Å².